The van der Waals surface area contributed by atoms with Crippen molar-refractivity contribution in [3.63, 3.8) is 0 Å². The Morgan fingerprint density at radius 2 is 1.85 bits per heavy atom. The van der Waals surface area contributed by atoms with Gasteiger partial charge in [-0.3, -0.25) is 0 Å². The summed E-state index contributed by atoms with van der Waals surface area (Å²) >= 11 is 0. The van der Waals surface area contributed by atoms with Crippen LogP contribution in [0, 0.1) is 0 Å². The topological polar surface area (TPSA) is 77.5 Å². The summed E-state index contributed by atoms with van der Waals surface area (Å²) in [5, 5.41) is 6.58. The van der Waals surface area contributed by atoms with Gasteiger partial charge in [0, 0.05) is 23.5 Å². The first-order valence-corrected chi connectivity index (χ1v) is 11.7. The normalized spacial score (nSPS) is 15.2. The molecule has 33 heavy (non-hydrogen) atoms. The highest BCUT2D eigenvalue weighted by atomic mass is 16.5. The largest absolute Gasteiger partial charge is 0.491 e. The highest BCUT2D eigenvalue weighted by Gasteiger charge is 2.20. The minimum Gasteiger partial charge on any atom is -0.491 e. The Morgan fingerprint density at radius 1 is 0.970 bits per heavy atom. The fourth-order valence-electron chi connectivity index (χ4n) is 4.33. The van der Waals surface area contributed by atoms with Crippen LogP contribution < -0.4 is 20.1 Å². The monoisotopic (exact) mass is 446 g/mol. The van der Waals surface area contributed by atoms with E-state index >= 15 is 0 Å². The second-order valence-corrected chi connectivity index (χ2v) is 8.35. The number of hydrogen-bond donors (Lipinski definition) is 2. The third-order valence-corrected chi connectivity index (χ3v) is 6.04. The van der Waals surface area contributed by atoms with E-state index in [0.29, 0.717) is 32.4 Å². The minimum absolute atomic E-state index is 0.483. The average molecular weight is 447 g/mol. The number of aromatic nitrogens is 2. The van der Waals surface area contributed by atoms with Crippen LogP contribution in [0.2, 0.25) is 0 Å². The van der Waals surface area contributed by atoms with E-state index in [4.69, 9.17) is 19.2 Å². The lowest BCUT2D eigenvalue weighted by molar-refractivity contribution is 0.0762. The van der Waals surface area contributed by atoms with Gasteiger partial charge in [-0.2, -0.15) is 0 Å². The highest BCUT2D eigenvalue weighted by molar-refractivity contribution is 5.72. The third kappa shape index (κ3) is 5.10. The van der Waals surface area contributed by atoms with Gasteiger partial charge in [-0.15, -0.1) is 0 Å². The van der Waals surface area contributed by atoms with Crippen molar-refractivity contribution in [2.24, 2.45) is 0 Å². The average Bonchev–Trinajstić information content (AvgIpc) is 2.84. The van der Waals surface area contributed by atoms with Gasteiger partial charge in [0.2, 0.25) is 5.95 Å². The van der Waals surface area contributed by atoms with E-state index in [9.17, 15) is 0 Å². The van der Waals surface area contributed by atoms with Crippen LogP contribution in [0.15, 0.2) is 42.6 Å². The van der Waals surface area contributed by atoms with Crippen molar-refractivity contribution >= 4 is 11.6 Å². The molecular formula is C26H30N4O3. The Bertz CT molecular complexity index is 1120. The van der Waals surface area contributed by atoms with Crippen LogP contribution in [0.1, 0.15) is 23.1 Å². The maximum absolute atomic E-state index is 6.10. The van der Waals surface area contributed by atoms with Crippen LogP contribution in [-0.2, 0) is 24.0 Å². The van der Waals surface area contributed by atoms with Gasteiger partial charge in [0.25, 0.3) is 0 Å². The molecule has 3 aromatic rings. The van der Waals surface area contributed by atoms with Crippen molar-refractivity contribution in [3.05, 3.63) is 59.3 Å². The molecule has 2 N–H and O–H groups in total. The quantitative estimate of drug-likeness (QED) is 0.588. The fourth-order valence-corrected chi connectivity index (χ4v) is 4.33. The van der Waals surface area contributed by atoms with E-state index in [1.165, 1.54) is 11.1 Å². The first-order chi connectivity index (χ1) is 16.3. The van der Waals surface area contributed by atoms with Gasteiger partial charge in [0.1, 0.15) is 24.7 Å². The molecule has 0 spiro atoms. The molecular weight excluding hydrogens is 416 g/mol. The Kier molecular flexibility index (Phi) is 6.69. The van der Waals surface area contributed by atoms with Gasteiger partial charge in [0.15, 0.2) is 0 Å². The molecule has 7 heteroatoms. The number of benzene rings is 2. The predicted molar refractivity (Wildman–Crippen MR) is 129 cm³/mol. The van der Waals surface area contributed by atoms with Crippen molar-refractivity contribution in [1.29, 1.82) is 0 Å². The maximum atomic E-state index is 6.10. The summed E-state index contributed by atoms with van der Waals surface area (Å²) in [6.45, 7) is 2.96. The minimum atomic E-state index is 0.483. The zero-order valence-electron chi connectivity index (χ0n) is 19.0. The van der Waals surface area contributed by atoms with Crippen LogP contribution in [-0.4, -0.2) is 50.0 Å². The van der Waals surface area contributed by atoms with E-state index in [1.807, 2.05) is 25.4 Å². The number of anilines is 2. The van der Waals surface area contributed by atoms with E-state index in [0.717, 1.165) is 66.2 Å². The summed E-state index contributed by atoms with van der Waals surface area (Å²) in [6.07, 6.45) is 5.85. The molecule has 0 saturated heterocycles. The van der Waals surface area contributed by atoms with Crippen molar-refractivity contribution in [2.45, 2.75) is 25.7 Å². The van der Waals surface area contributed by atoms with Crippen LogP contribution >= 0.6 is 0 Å². The zero-order chi connectivity index (χ0) is 22.5. The summed E-state index contributed by atoms with van der Waals surface area (Å²) in [6, 6.07) is 12.5. The molecule has 1 aliphatic heterocycles. The predicted octanol–water partition coefficient (Wildman–Crippen LogP) is 3.93. The lowest BCUT2D eigenvalue weighted by Gasteiger charge is -2.20. The number of aryl methyl sites for hydroxylation is 3. The van der Waals surface area contributed by atoms with E-state index in [2.05, 4.69) is 39.9 Å². The Labute approximate surface area is 194 Å². The van der Waals surface area contributed by atoms with Crippen molar-refractivity contribution in [1.82, 2.24) is 15.3 Å². The molecule has 0 fully saturated rings. The van der Waals surface area contributed by atoms with E-state index in [-0.39, 0.29) is 0 Å². The molecule has 2 aromatic carbocycles. The maximum Gasteiger partial charge on any atom is 0.227 e. The smallest absolute Gasteiger partial charge is 0.227 e. The van der Waals surface area contributed by atoms with Gasteiger partial charge < -0.3 is 24.8 Å². The van der Waals surface area contributed by atoms with Crippen LogP contribution in [0.25, 0.3) is 11.3 Å². The summed E-state index contributed by atoms with van der Waals surface area (Å²) in [7, 11) is 1.97. The SMILES string of the molecule is CNCCCc1ccc2cc1OCCOCCOc1ccc3c(c1)-c1nc(ncc1CC3)N2. The Balaban J connectivity index is 1.48. The molecule has 5 rings (SSSR count). The number of ether oxygens (including phenoxy) is 3. The molecule has 172 valence electrons. The zero-order valence-corrected chi connectivity index (χ0v) is 19.0. The number of nitrogens with one attached hydrogen (secondary N) is 2. The molecule has 0 atom stereocenters. The van der Waals surface area contributed by atoms with Gasteiger partial charge in [-0.1, -0.05) is 12.1 Å². The van der Waals surface area contributed by atoms with E-state index < -0.39 is 0 Å². The standard InChI is InChI=1S/C26H30N4O3/c1-27-10-2-3-19-6-8-21-15-24(19)33-14-12-31-11-13-32-22-9-7-18-4-5-20-17-28-26(29-21)30-25(20)23(18)16-22/h6-9,15-17,27H,2-5,10-14H2,1H3,(H,28,29,30). The van der Waals surface area contributed by atoms with Crippen molar-refractivity contribution in [3.8, 4) is 22.8 Å². The molecule has 2 heterocycles. The first-order valence-electron chi connectivity index (χ1n) is 11.7. The molecule has 2 aliphatic rings. The fraction of sp³-hybridized carbons (Fsp3) is 0.385. The number of rotatable bonds is 4. The number of fused-ring (bicyclic) bond motifs is 4. The summed E-state index contributed by atoms with van der Waals surface area (Å²) < 4.78 is 17.8. The highest BCUT2D eigenvalue weighted by Crippen LogP contribution is 2.35. The van der Waals surface area contributed by atoms with Crippen LogP contribution in [0.5, 0.6) is 11.5 Å². The summed E-state index contributed by atoms with van der Waals surface area (Å²) in [5.41, 5.74) is 6.63. The van der Waals surface area contributed by atoms with Gasteiger partial charge >= 0.3 is 0 Å². The first kappa shape index (κ1) is 21.7. The molecule has 7 nitrogen and oxygen atoms in total. The second kappa shape index (κ2) is 10.2. The molecule has 0 radical (unpaired) electrons. The number of nitrogens with zero attached hydrogens (tertiary/aromatic N) is 2. The van der Waals surface area contributed by atoms with Crippen molar-refractivity contribution in [2.75, 3.05) is 45.3 Å². The van der Waals surface area contributed by atoms with Gasteiger partial charge in [-0.05, 0) is 74.2 Å². The van der Waals surface area contributed by atoms with E-state index in [1.54, 1.807) is 0 Å². The lowest BCUT2D eigenvalue weighted by atomic mass is 9.90. The van der Waals surface area contributed by atoms with Crippen LogP contribution in [0.3, 0.4) is 0 Å². The lowest BCUT2D eigenvalue weighted by Crippen LogP contribution is -2.13. The third-order valence-electron chi connectivity index (χ3n) is 6.04. The summed E-state index contributed by atoms with van der Waals surface area (Å²) in [5.74, 6) is 2.28. The second-order valence-electron chi connectivity index (χ2n) is 8.35. The molecule has 0 amide bonds. The molecule has 1 aromatic heterocycles. The Morgan fingerprint density at radius 3 is 2.76 bits per heavy atom. The molecule has 1 aliphatic carbocycles. The van der Waals surface area contributed by atoms with Crippen LogP contribution in [0.4, 0.5) is 11.6 Å². The molecule has 0 saturated carbocycles. The van der Waals surface area contributed by atoms with Gasteiger partial charge in [0.05, 0.1) is 18.9 Å². The van der Waals surface area contributed by atoms with Crippen molar-refractivity contribution < 1.29 is 14.2 Å². The summed E-state index contributed by atoms with van der Waals surface area (Å²) in [4.78, 5) is 9.47. The molecule has 0 unspecified atom stereocenters. The Hall–Kier alpha value is -3.16. The van der Waals surface area contributed by atoms with Gasteiger partial charge in [-0.25, -0.2) is 9.97 Å². The number of hydrogen-bond acceptors (Lipinski definition) is 7. The molecule has 6 bridgehead atoms.